The van der Waals surface area contributed by atoms with Crippen LogP contribution in [0, 0.1) is 0 Å². The number of benzene rings is 2. The first-order chi connectivity index (χ1) is 15.9. The van der Waals surface area contributed by atoms with Gasteiger partial charge in [0.15, 0.2) is 0 Å². The van der Waals surface area contributed by atoms with E-state index in [0.717, 1.165) is 38.5 Å². The van der Waals surface area contributed by atoms with Crippen LogP contribution in [0.25, 0.3) is 11.1 Å². The fourth-order valence-electron chi connectivity index (χ4n) is 3.80. The van der Waals surface area contributed by atoms with Crippen LogP contribution in [0.2, 0.25) is 0 Å². The third-order valence-corrected chi connectivity index (χ3v) is 6.74. The number of fused-ring (bicyclic) bond motifs is 3. The van der Waals surface area contributed by atoms with Gasteiger partial charge in [-0.15, -0.1) is 11.3 Å². The second kappa shape index (κ2) is 9.41. The monoisotopic (exact) mass is 465 g/mol. The number of likely N-dealkylation sites (N-methyl/N-ethyl adjacent to an activating group) is 1. The molecule has 1 heterocycles. The van der Waals surface area contributed by atoms with Crippen LogP contribution in [0.4, 0.5) is 4.79 Å². The van der Waals surface area contributed by atoms with Gasteiger partial charge < -0.3 is 20.1 Å². The number of aromatic nitrogens is 1. The molecule has 0 spiro atoms. The number of hydrogen-bond donors (Lipinski definition) is 2. The molecule has 1 aliphatic carbocycles. The van der Waals surface area contributed by atoms with Gasteiger partial charge in [-0.3, -0.25) is 4.79 Å². The summed E-state index contributed by atoms with van der Waals surface area (Å²) < 4.78 is 5.50. The van der Waals surface area contributed by atoms with Gasteiger partial charge in [-0.1, -0.05) is 48.5 Å². The van der Waals surface area contributed by atoms with Crippen molar-refractivity contribution in [3.8, 4) is 11.1 Å². The lowest BCUT2D eigenvalue weighted by Gasteiger charge is -2.20. The molecule has 2 aromatic carbocycles. The number of thiazole rings is 1. The number of nitrogens with one attached hydrogen (secondary N) is 1. The average molecular weight is 466 g/mol. The van der Waals surface area contributed by atoms with Crippen molar-refractivity contribution in [2.75, 3.05) is 13.7 Å². The molecule has 4 rings (SSSR count). The van der Waals surface area contributed by atoms with Crippen molar-refractivity contribution in [3.05, 3.63) is 75.7 Å². The van der Waals surface area contributed by atoms with Gasteiger partial charge in [0.05, 0.1) is 12.7 Å². The van der Waals surface area contributed by atoms with Crippen LogP contribution >= 0.6 is 11.3 Å². The normalized spacial score (nSPS) is 13.0. The molecule has 0 unspecified atom stereocenters. The minimum Gasteiger partial charge on any atom is -0.480 e. The summed E-state index contributed by atoms with van der Waals surface area (Å²) >= 11 is 1.10. The Labute approximate surface area is 194 Å². The highest BCUT2D eigenvalue weighted by atomic mass is 32.1. The van der Waals surface area contributed by atoms with E-state index in [4.69, 9.17) is 9.84 Å². The van der Waals surface area contributed by atoms with Gasteiger partial charge in [0.25, 0.3) is 5.91 Å². The first kappa shape index (κ1) is 22.5. The van der Waals surface area contributed by atoms with Crippen LogP contribution in [0.1, 0.15) is 38.6 Å². The molecule has 1 aromatic heterocycles. The van der Waals surface area contributed by atoms with Crippen molar-refractivity contribution in [2.24, 2.45) is 0 Å². The van der Waals surface area contributed by atoms with E-state index in [1.807, 2.05) is 24.3 Å². The highest BCUT2D eigenvalue weighted by Crippen LogP contribution is 2.44. The summed E-state index contributed by atoms with van der Waals surface area (Å²) in [6.07, 6.45) is 0.809. The zero-order valence-corrected chi connectivity index (χ0v) is 19.0. The van der Waals surface area contributed by atoms with Gasteiger partial charge in [-0.25, -0.2) is 14.6 Å². The minimum absolute atomic E-state index is 0.0287. The summed E-state index contributed by atoms with van der Waals surface area (Å²) in [7, 11) is 1.43. The highest BCUT2D eigenvalue weighted by molar-refractivity contribution is 7.13. The van der Waals surface area contributed by atoms with Crippen molar-refractivity contribution in [1.82, 2.24) is 15.2 Å². The molecule has 8 nitrogen and oxygen atoms in total. The van der Waals surface area contributed by atoms with Crippen molar-refractivity contribution in [3.63, 3.8) is 0 Å². The highest BCUT2D eigenvalue weighted by Gasteiger charge is 2.29. The second-order valence-corrected chi connectivity index (χ2v) is 8.84. The fourth-order valence-corrected chi connectivity index (χ4v) is 4.64. The zero-order chi connectivity index (χ0) is 23.5. The van der Waals surface area contributed by atoms with E-state index >= 15 is 0 Å². The number of nitrogens with zero attached hydrogens (tertiary/aromatic N) is 2. The van der Waals surface area contributed by atoms with Gasteiger partial charge in [-0.2, -0.15) is 0 Å². The number of ether oxygens (including phenoxy) is 1. The van der Waals surface area contributed by atoms with Crippen LogP contribution in [0.3, 0.4) is 0 Å². The Balaban J connectivity index is 1.33. The molecule has 0 saturated carbocycles. The van der Waals surface area contributed by atoms with E-state index in [1.165, 1.54) is 20.2 Å². The molecule has 9 heteroatoms. The summed E-state index contributed by atoms with van der Waals surface area (Å²) in [5.41, 5.74) is 4.58. The predicted octanol–water partition coefficient (Wildman–Crippen LogP) is 3.73. The van der Waals surface area contributed by atoms with Crippen molar-refractivity contribution >= 4 is 29.3 Å². The molecule has 0 aliphatic heterocycles. The lowest BCUT2D eigenvalue weighted by Crippen LogP contribution is -2.39. The molecule has 2 N–H and O–H groups in total. The Morgan fingerprint density at radius 1 is 1.12 bits per heavy atom. The Bertz CT molecular complexity index is 1160. The largest absolute Gasteiger partial charge is 0.480 e. The Morgan fingerprint density at radius 3 is 2.33 bits per heavy atom. The summed E-state index contributed by atoms with van der Waals surface area (Å²) in [6, 6.07) is 15.3. The number of carbonyl (C=O) groups is 3. The molecule has 33 heavy (non-hydrogen) atoms. The summed E-state index contributed by atoms with van der Waals surface area (Å²) in [5.74, 6) is -1.55. The van der Waals surface area contributed by atoms with Crippen molar-refractivity contribution in [1.29, 1.82) is 0 Å². The van der Waals surface area contributed by atoms with Gasteiger partial charge in [0.2, 0.25) is 0 Å². The Hall–Kier alpha value is -3.72. The van der Waals surface area contributed by atoms with Gasteiger partial charge in [0, 0.05) is 13.0 Å². The maximum Gasteiger partial charge on any atom is 0.407 e. The smallest absolute Gasteiger partial charge is 0.407 e. The molecular formula is C24H23N3O5S. The van der Waals surface area contributed by atoms with Crippen LogP contribution in [-0.2, 0) is 16.1 Å². The summed E-state index contributed by atoms with van der Waals surface area (Å²) in [5, 5.41) is 12.2. The number of amides is 2. The maximum absolute atomic E-state index is 12.4. The van der Waals surface area contributed by atoms with Gasteiger partial charge >= 0.3 is 12.1 Å². The fraction of sp³-hybridized carbons (Fsp3) is 0.250. The summed E-state index contributed by atoms with van der Waals surface area (Å²) in [6.45, 7) is 1.74. The molecule has 170 valence electrons. The molecule has 1 aliphatic rings. The zero-order valence-electron chi connectivity index (χ0n) is 18.1. The molecule has 1 atom stereocenters. The SMILES string of the molecule is C[C@@H](C(=O)O)N(C)C(=O)c1cnc(CNC(=O)OCC2c3ccccc3-c3ccccc32)s1. The number of rotatable bonds is 7. The minimum atomic E-state index is -1.09. The van der Waals surface area contributed by atoms with Crippen molar-refractivity contribution in [2.45, 2.75) is 25.4 Å². The standard InChI is InChI=1S/C24H23N3O5S/c1-14(23(29)30)27(2)22(28)20-11-25-21(33-20)12-26-24(31)32-13-19-17-9-5-3-7-15(17)16-8-4-6-10-18(16)19/h3-11,14,19H,12-13H2,1-2H3,(H,26,31)(H,29,30)/t14-/m0/s1. The number of carboxylic acids is 1. The number of aliphatic carboxylic acids is 1. The van der Waals surface area contributed by atoms with E-state index in [-0.39, 0.29) is 19.1 Å². The second-order valence-electron chi connectivity index (χ2n) is 7.73. The third kappa shape index (κ3) is 4.58. The van der Waals surface area contributed by atoms with E-state index in [2.05, 4.69) is 34.6 Å². The number of alkyl carbamates (subject to hydrolysis) is 1. The Morgan fingerprint density at radius 2 is 1.73 bits per heavy atom. The first-order valence-corrected chi connectivity index (χ1v) is 11.2. The molecule has 0 fully saturated rings. The lowest BCUT2D eigenvalue weighted by atomic mass is 9.98. The first-order valence-electron chi connectivity index (χ1n) is 10.4. The van der Waals surface area contributed by atoms with Crippen LogP contribution < -0.4 is 5.32 Å². The Kier molecular flexibility index (Phi) is 6.41. The molecule has 3 aromatic rings. The number of carboxylic acid groups (broad SMARTS) is 1. The maximum atomic E-state index is 12.4. The molecule has 0 radical (unpaired) electrons. The third-order valence-electron chi connectivity index (χ3n) is 5.75. The quantitative estimate of drug-likeness (QED) is 0.550. The molecular weight excluding hydrogens is 442 g/mol. The van der Waals surface area contributed by atoms with Crippen molar-refractivity contribution < 1.29 is 24.2 Å². The van der Waals surface area contributed by atoms with Crippen LogP contribution in [0.5, 0.6) is 0 Å². The van der Waals surface area contributed by atoms with Crippen LogP contribution in [0.15, 0.2) is 54.7 Å². The van der Waals surface area contributed by atoms with E-state index in [0.29, 0.717) is 9.88 Å². The lowest BCUT2D eigenvalue weighted by molar-refractivity contribution is -0.141. The summed E-state index contributed by atoms with van der Waals surface area (Å²) in [4.78, 5) is 41.4. The van der Waals surface area contributed by atoms with E-state index in [1.54, 1.807) is 0 Å². The van der Waals surface area contributed by atoms with Gasteiger partial charge in [0.1, 0.15) is 22.5 Å². The molecule has 2 amide bonds. The van der Waals surface area contributed by atoms with Crippen LogP contribution in [-0.4, -0.2) is 52.7 Å². The van der Waals surface area contributed by atoms with E-state index in [9.17, 15) is 14.4 Å². The van der Waals surface area contributed by atoms with E-state index < -0.39 is 24.0 Å². The number of hydrogen-bond acceptors (Lipinski definition) is 6. The van der Waals surface area contributed by atoms with Gasteiger partial charge in [-0.05, 0) is 29.2 Å². The number of carbonyl (C=O) groups excluding carboxylic acids is 2. The molecule has 0 saturated heterocycles. The topological polar surface area (TPSA) is 109 Å². The predicted molar refractivity (Wildman–Crippen MR) is 123 cm³/mol. The average Bonchev–Trinajstić information content (AvgIpc) is 3.43. The molecule has 0 bridgehead atoms.